The van der Waals surface area contributed by atoms with Gasteiger partial charge in [0.05, 0.1) is 6.10 Å². The molecule has 1 nitrogen and oxygen atoms in total. The SMILES string of the molecule is Fc1ccc(C(OC2C[C@H]3CC[C@@H](C2)C3)c2ccc(F)cc2)cc1. The Hall–Kier alpha value is -1.74. The van der Waals surface area contributed by atoms with Crippen molar-refractivity contribution in [3.8, 4) is 0 Å². The maximum absolute atomic E-state index is 13.3. The van der Waals surface area contributed by atoms with Gasteiger partial charge in [-0.2, -0.15) is 0 Å². The molecule has 0 spiro atoms. The number of hydrogen-bond donors (Lipinski definition) is 0. The van der Waals surface area contributed by atoms with Crippen molar-refractivity contribution in [1.29, 1.82) is 0 Å². The van der Waals surface area contributed by atoms with Crippen LogP contribution in [0.4, 0.5) is 8.78 Å². The average Bonchev–Trinajstić information content (AvgIpc) is 2.93. The van der Waals surface area contributed by atoms with E-state index >= 15 is 0 Å². The predicted molar refractivity (Wildman–Crippen MR) is 89.6 cm³/mol. The number of halogens is 2. The Morgan fingerprint density at radius 3 is 1.62 bits per heavy atom. The maximum atomic E-state index is 13.3. The minimum absolute atomic E-state index is 0.233. The Morgan fingerprint density at radius 1 is 0.708 bits per heavy atom. The Morgan fingerprint density at radius 2 is 1.17 bits per heavy atom. The van der Waals surface area contributed by atoms with Crippen molar-refractivity contribution in [3.63, 3.8) is 0 Å². The van der Waals surface area contributed by atoms with Crippen molar-refractivity contribution in [1.82, 2.24) is 0 Å². The number of benzene rings is 2. The molecule has 2 aliphatic rings. The first-order valence-corrected chi connectivity index (χ1v) is 8.84. The van der Waals surface area contributed by atoms with Gasteiger partial charge in [0, 0.05) is 0 Å². The minimum Gasteiger partial charge on any atom is -0.366 e. The maximum Gasteiger partial charge on any atom is 0.123 e. The van der Waals surface area contributed by atoms with Crippen LogP contribution in [0.15, 0.2) is 48.5 Å². The highest BCUT2D eigenvalue weighted by Crippen LogP contribution is 2.44. The molecule has 2 fully saturated rings. The Labute approximate surface area is 141 Å². The van der Waals surface area contributed by atoms with Gasteiger partial charge in [-0.25, -0.2) is 8.78 Å². The third kappa shape index (κ3) is 3.36. The average molecular weight is 328 g/mol. The van der Waals surface area contributed by atoms with Gasteiger partial charge in [0.1, 0.15) is 17.7 Å². The fourth-order valence-corrected chi connectivity index (χ4v) is 4.37. The quantitative estimate of drug-likeness (QED) is 0.705. The number of hydrogen-bond acceptors (Lipinski definition) is 1. The van der Waals surface area contributed by atoms with Crippen molar-refractivity contribution < 1.29 is 13.5 Å². The van der Waals surface area contributed by atoms with Crippen LogP contribution in [0.2, 0.25) is 0 Å². The van der Waals surface area contributed by atoms with Gasteiger partial charge in [0.2, 0.25) is 0 Å². The van der Waals surface area contributed by atoms with Crippen molar-refractivity contribution in [3.05, 3.63) is 71.3 Å². The standard InChI is InChI=1S/C21H22F2O/c22-18-7-3-16(4-8-18)21(17-5-9-19(23)10-6-17)24-20-12-14-1-2-15(11-14)13-20/h3-10,14-15,20-21H,1-2,11-13H2/t14-,15+,20?. The van der Waals surface area contributed by atoms with Gasteiger partial charge < -0.3 is 4.74 Å². The second-order valence-electron chi connectivity index (χ2n) is 7.26. The Kier molecular flexibility index (Phi) is 4.36. The molecule has 0 aliphatic heterocycles. The van der Waals surface area contributed by atoms with E-state index < -0.39 is 0 Å². The molecule has 2 aromatic carbocycles. The molecule has 0 saturated heterocycles. The first kappa shape index (κ1) is 15.8. The first-order valence-electron chi connectivity index (χ1n) is 8.84. The van der Waals surface area contributed by atoms with Gasteiger partial charge in [-0.05, 0) is 66.5 Å². The van der Waals surface area contributed by atoms with E-state index in [0.717, 1.165) is 35.8 Å². The number of ether oxygens (including phenoxy) is 1. The highest BCUT2D eigenvalue weighted by molar-refractivity contribution is 5.30. The predicted octanol–water partition coefficient (Wildman–Crippen LogP) is 5.65. The zero-order valence-corrected chi connectivity index (χ0v) is 13.6. The van der Waals surface area contributed by atoms with Crippen molar-refractivity contribution in [2.75, 3.05) is 0 Å². The molecule has 24 heavy (non-hydrogen) atoms. The summed E-state index contributed by atoms with van der Waals surface area (Å²) >= 11 is 0. The van der Waals surface area contributed by atoms with E-state index in [9.17, 15) is 8.78 Å². The third-order valence-corrected chi connectivity index (χ3v) is 5.52. The van der Waals surface area contributed by atoms with E-state index in [4.69, 9.17) is 4.74 Å². The van der Waals surface area contributed by atoms with E-state index in [1.54, 1.807) is 24.3 Å². The van der Waals surface area contributed by atoms with E-state index in [1.165, 1.54) is 43.5 Å². The number of rotatable bonds is 4. The zero-order chi connectivity index (χ0) is 16.5. The molecular weight excluding hydrogens is 306 g/mol. The highest BCUT2D eigenvalue weighted by atomic mass is 19.1. The molecule has 0 aromatic heterocycles. The summed E-state index contributed by atoms with van der Waals surface area (Å²) < 4.78 is 33.0. The molecule has 2 aliphatic carbocycles. The third-order valence-electron chi connectivity index (χ3n) is 5.52. The van der Waals surface area contributed by atoms with Crippen LogP contribution >= 0.6 is 0 Å². The smallest absolute Gasteiger partial charge is 0.123 e. The van der Waals surface area contributed by atoms with E-state index in [1.807, 2.05) is 0 Å². The molecule has 0 radical (unpaired) electrons. The normalized spacial score (nSPS) is 26.0. The van der Waals surface area contributed by atoms with Crippen molar-refractivity contribution >= 4 is 0 Å². The molecule has 3 heteroatoms. The lowest BCUT2D eigenvalue weighted by molar-refractivity contribution is -0.0268. The lowest BCUT2D eigenvalue weighted by Gasteiger charge is -2.31. The summed E-state index contributed by atoms with van der Waals surface area (Å²) in [5, 5.41) is 0. The molecule has 0 amide bonds. The van der Waals surface area contributed by atoms with Crippen LogP contribution in [-0.2, 0) is 4.74 Å². The van der Waals surface area contributed by atoms with Crippen LogP contribution in [0.5, 0.6) is 0 Å². The molecule has 126 valence electrons. The number of fused-ring (bicyclic) bond motifs is 2. The second-order valence-corrected chi connectivity index (χ2v) is 7.26. The van der Waals surface area contributed by atoms with Gasteiger partial charge in [-0.1, -0.05) is 37.1 Å². The van der Waals surface area contributed by atoms with E-state index in [0.29, 0.717) is 0 Å². The van der Waals surface area contributed by atoms with Gasteiger partial charge in [0.15, 0.2) is 0 Å². The van der Waals surface area contributed by atoms with Crippen LogP contribution in [0, 0.1) is 23.5 Å². The lowest BCUT2D eigenvalue weighted by Crippen LogP contribution is -2.25. The zero-order valence-electron chi connectivity index (χ0n) is 13.6. The molecule has 2 aromatic rings. The molecule has 2 bridgehead atoms. The fourth-order valence-electron chi connectivity index (χ4n) is 4.37. The van der Waals surface area contributed by atoms with E-state index in [-0.39, 0.29) is 23.8 Å². The Balaban J connectivity index is 1.60. The Bertz CT molecular complexity index is 622. The van der Waals surface area contributed by atoms with Crippen LogP contribution in [-0.4, -0.2) is 6.10 Å². The highest BCUT2D eigenvalue weighted by Gasteiger charge is 2.35. The van der Waals surface area contributed by atoms with Gasteiger partial charge in [-0.15, -0.1) is 0 Å². The summed E-state index contributed by atoms with van der Waals surface area (Å²) in [5.41, 5.74) is 1.84. The molecule has 2 saturated carbocycles. The minimum atomic E-state index is -0.270. The lowest BCUT2D eigenvalue weighted by atomic mass is 9.86. The fraction of sp³-hybridized carbons (Fsp3) is 0.429. The summed E-state index contributed by atoms with van der Waals surface area (Å²) in [5.74, 6) is 1.06. The molecule has 1 unspecified atom stereocenters. The van der Waals surface area contributed by atoms with Crippen LogP contribution in [0.1, 0.15) is 49.3 Å². The largest absolute Gasteiger partial charge is 0.366 e. The molecule has 3 atom stereocenters. The van der Waals surface area contributed by atoms with Gasteiger partial charge in [0.25, 0.3) is 0 Å². The molecule has 0 heterocycles. The molecular formula is C21H22F2O. The van der Waals surface area contributed by atoms with Gasteiger partial charge in [-0.3, -0.25) is 0 Å². The summed E-state index contributed by atoms with van der Waals surface area (Å²) in [6.45, 7) is 0. The topological polar surface area (TPSA) is 9.23 Å². The molecule has 0 N–H and O–H groups in total. The summed E-state index contributed by atoms with van der Waals surface area (Å²) in [4.78, 5) is 0. The van der Waals surface area contributed by atoms with E-state index in [2.05, 4.69) is 0 Å². The van der Waals surface area contributed by atoms with Crippen molar-refractivity contribution in [2.24, 2.45) is 11.8 Å². The van der Waals surface area contributed by atoms with Crippen LogP contribution in [0.25, 0.3) is 0 Å². The summed E-state index contributed by atoms with van der Waals surface area (Å²) in [6.07, 6.45) is 6.16. The first-order chi connectivity index (χ1) is 11.7. The van der Waals surface area contributed by atoms with Crippen molar-refractivity contribution in [2.45, 2.75) is 44.3 Å². The monoisotopic (exact) mass is 328 g/mol. The van der Waals surface area contributed by atoms with Crippen LogP contribution < -0.4 is 0 Å². The summed E-state index contributed by atoms with van der Waals surface area (Å²) in [7, 11) is 0. The van der Waals surface area contributed by atoms with Gasteiger partial charge >= 0.3 is 0 Å². The summed E-state index contributed by atoms with van der Waals surface area (Å²) in [6, 6.07) is 12.9. The molecule has 4 rings (SSSR count). The second kappa shape index (κ2) is 6.64. The van der Waals surface area contributed by atoms with Crippen LogP contribution in [0.3, 0.4) is 0 Å².